The molecule has 4 heteroatoms. The molecule has 1 atom stereocenters. The van der Waals surface area contributed by atoms with Crippen LogP contribution in [-0.4, -0.2) is 37.3 Å². The first-order chi connectivity index (χ1) is 7.89. The number of hydrogen-bond acceptors (Lipinski definition) is 4. The van der Waals surface area contributed by atoms with E-state index >= 15 is 0 Å². The van der Waals surface area contributed by atoms with Gasteiger partial charge >= 0.3 is 0 Å². The first kappa shape index (κ1) is 16.8. The molecule has 0 aliphatic carbocycles. The van der Waals surface area contributed by atoms with Crippen LogP contribution < -0.4 is 22.1 Å². The van der Waals surface area contributed by atoms with Crippen LogP contribution in [0.5, 0.6) is 0 Å². The second-order valence-electron chi connectivity index (χ2n) is 5.73. The summed E-state index contributed by atoms with van der Waals surface area (Å²) in [6.45, 7) is 12.2. The molecule has 0 aliphatic heterocycles. The lowest BCUT2D eigenvalue weighted by atomic mass is 9.93. The molecule has 0 amide bonds. The van der Waals surface area contributed by atoms with E-state index in [0.717, 1.165) is 38.9 Å². The fourth-order valence-corrected chi connectivity index (χ4v) is 1.89. The molecule has 104 valence electrons. The third-order valence-corrected chi connectivity index (χ3v) is 3.53. The van der Waals surface area contributed by atoms with Crippen molar-refractivity contribution in [2.75, 3.05) is 26.2 Å². The van der Waals surface area contributed by atoms with E-state index in [1.807, 2.05) is 0 Å². The summed E-state index contributed by atoms with van der Waals surface area (Å²) >= 11 is 0. The van der Waals surface area contributed by atoms with Gasteiger partial charge in [-0.05, 0) is 53.1 Å². The Labute approximate surface area is 107 Å². The maximum Gasteiger partial charge on any atom is 0.0163 e. The first-order valence-corrected chi connectivity index (χ1v) is 6.79. The number of nitrogens with one attached hydrogen (secondary N) is 2. The van der Waals surface area contributed by atoms with E-state index in [4.69, 9.17) is 11.5 Å². The zero-order chi connectivity index (χ0) is 13.4. The fraction of sp³-hybridized carbons (Fsp3) is 1.00. The molecular weight excluding hydrogens is 212 g/mol. The van der Waals surface area contributed by atoms with Crippen molar-refractivity contribution in [2.24, 2.45) is 11.5 Å². The molecule has 0 bridgehead atoms. The molecule has 0 aromatic heterocycles. The molecule has 0 radical (unpaired) electrons. The average molecular weight is 244 g/mol. The molecule has 0 saturated carbocycles. The maximum atomic E-state index is 5.60. The summed E-state index contributed by atoms with van der Waals surface area (Å²) in [6, 6.07) is 0. The van der Waals surface area contributed by atoms with Crippen molar-refractivity contribution in [3.8, 4) is 0 Å². The molecule has 0 aromatic rings. The fourth-order valence-electron chi connectivity index (χ4n) is 1.89. The topological polar surface area (TPSA) is 76.1 Å². The maximum absolute atomic E-state index is 5.60. The van der Waals surface area contributed by atoms with Crippen LogP contribution in [0.3, 0.4) is 0 Å². The molecule has 4 nitrogen and oxygen atoms in total. The molecule has 0 fully saturated rings. The van der Waals surface area contributed by atoms with Crippen LogP contribution in [0.4, 0.5) is 0 Å². The Balaban J connectivity index is 3.98. The van der Waals surface area contributed by atoms with Gasteiger partial charge in [0.1, 0.15) is 0 Å². The third kappa shape index (κ3) is 7.71. The van der Waals surface area contributed by atoms with Gasteiger partial charge in [-0.2, -0.15) is 0 Å². The zero-order valence-corrected chi connectivity index (χ0v) is 12.1. The van der Waals surface area contributed by atoms with Crippen molar-refractivity contribution in [3.05, 3.63) is 0 Å². The first-order valence-electron chi connectivity index (χ1n) is 6.79. The Hall–Kier alpha value is -0.160. The lowest BCUT2D eigenvalue weighted by Crippen LogP contribution is -2.48. The quantitative estimate of drug-likeness (QED) is 0.459. The van der Waals surface area contributed by atoms with E-state index in [1.54, 1.807) is 0 Å². The van der Waals surface area contributed by atoms with Gasteiger partial charge in [-0.3, -0.25) is 0 Å². The Morgan fingerprint density at radius 2 is 1.53 bits per heavy atom. The van der Waals surface area contributed by atoms with Gasteiger partial charge in [-0.15, -0.1) is 0 Å². The summed E-state index contributed by atoms with van der Waals surface area (Å²) in [7, 11) is 0. The lowest BCUT2D eigenvalue weighted by molar-refractivity contribution is 0.289. The summed E-state index contributed by atoms with van der Waals surface area (Å²) in [6.07, 6.45) is 3.23. The lowest BCUT2D eigenvalue weighted by Gasteiger charge is -2.33. The smallest absolute Gasteiger partial charge is 0.0163 e. The minimum absolute atomic E-state index is 0.136. The average Bonchev–Trinajstić information content (AvgIpc) is 2.26. The predicted octanol–water partition coefficient (Wildman–Crippen LogP) is 0.811. The highest BCUT2D eigenvalue weighted by molar-refractivity contribution is 4.85. The third-order valence-electron chi connectivity index (χ3n) is 3.53. The monoisotopic (exact) mass is 244 g/mol. The summed E-state index contributed by atoms with van der Waals surface area (Å²) in [5.74, 6) is 0. The molecule has 0 saturated heterocycles. The van der Waals surface area contributed by atoms with Gasteiger partial charge in [-0.25, -0.2) is 0 Å². The van der Waals surface area contributed by atoms with Crippen LogP contribution in [0.2, 0.25) is 0 Å². The molecule has 0 spiro atoms. The number of rotatable bonds is 10. The molecule has 6 N–H and O–H groups in total. The zero-order valence-electron chi connectivity index (χ0n) is 12.1. The van der Waals surface area contributed by atoms with Crippen LogP contribution in [-0.2, 0) is 0 Å². The van der Waals surface area contributed by atoms with Crippen molar-refractivity contribution in [1.29, 1.82) is 0 Å². The normalized spacial score (nSPS) is 15.9. The summed E-state index contributed by atoms with van der Waals surface area (Å²) < 4.78 is 0. The molecule has 0 heterocycles. The van der Waals surface area contributed by atoms with Crippen molar-refractivity contribution in [3.63, 3.8) is 0 Å². The van der Waals surface area contributed by atoms with Crippen molar-refractivity contribution in [2.45, 2.75) is 58.0 Å². The minimum atomic E-state index is 0.136. The van der Waals surface area contributed by atoms with E-state index in [0.29, 0.717) is 6.54 Å². The van der Waals surface area contributed by atoms with E-state index in [1.165, 1.54) is 0 Å². The molecular formula is C13H32N4. The van der Waals surface area contributed by atoms with Gasteiger partial charge in [0.15, 0.2) is 0 Å². The summed E-state index contributed by atoms with van der Waals surface area (Å²) in [5, 5.41) is 7.10. The highest BCUT2D eigenvalue weighted by Crippen LogP contribution is 2.14. The van der Waals surface area contributed by atoms with Crippen LogP contribution in [0.15, 0.2) is 0 Å². The van der Waals surface area contributed by atoms with Crippen molar-refractivity contribution < 1.29 is 0 Å². The van der Waals surface area contributed by atoms with Gasteiger partial charge in [0.2, 0.25) is 0 Å². The van der Waals surface area contributed by atoms with Crippen molar-refractivity contribution in [1.82, 2.24) is 10.6 Å². The Bertz CT molecular complexity index is 194. The SMILES string of the molecule is CCC(C)(CCNC(C)(C)CCN)NCCN. The van der Waals surface area contributed by atoms with E-state index < -0.39 is 0 Å². The van der Waals surface area contributed by atoms with Gasteiger partial charge in [-0.1, -0.05) is 6.92 Å². The standard InChI is InChI=1S/C13H32N4/c1-5-13(4,17-11-9-15)7-10-16-12(2,3)6-8-14/h16-17H,5-11,14-15H2,1-4H3. The molecule has 1 unspecified atom stereocenters. The molecule has 17 heavy (non-hydrogen) atoms. The predicted molar refractivity (Wildman–Crippen MR) is 76.1 cm³/mol. The second-order valence-corrected chi connectivity index (χ2v) is 5.73. The van der Waals surface area contributed by atoms with Crippen LogP contribution in [0, 0.1) is 0 Å². The van der Waals surface area contributed by atoms with Gasteiger partial charge in [0.05, 0.1) is 0 Å². The van der Waals surface area contributed by atoms with Crippen LogP contribution >= 0.6 is 0 Å². The largest absolute Gasteiger partial charge is 0.330 e. The molecule has 0 aliphatic rings. The van der Waals surface area contributed by atoms with E-state index in [2.05, 4.69) is 38.3 Å². The van der Waals surface area contributed by atoms with Gasteiger partial charge in [0.25, 0.3) is 0 Å². The summed E-state index contributed by atoms with van der Waals surface area (Å²) in [5.41, 5.74) is 11.5. The van der Waals surface area contributed by atoms with Crippen LogP contribution in [0.25, 0.3) is 0 Å². The van der Waals surface area contributed by atoms with E-state index in [9.17, 15) is 0 Å². The highest BCUT2D eigenvalue weighted by atomic mass is 15.0. The van der Waals surface area contributed by atoms with Crippen LogP contribution in [0.1, 0.15) is 47.0 Å². The summed E-state index contributed by atoms with van der Waals surface area (Å²) in [4.78, 5) is 0. The highest BCUT2D eigenvalue weighted by Gasteiger charge is 2.22. The second kappa shape index (κ2) is 8.03. The Morgan fingerprint density at radius 3 is 2.00 bits per heavy atom. The number of hydrogen-bond donors (Lipinski definition) is 4. The molecule has 0 rings (SSSR count). The van der Waals surface area contributed by atoms with Gasteiger partial charge in [0, 0.05) is 24.2 Å². The van der Waals surface area contributed by atoms with E-state index in [-0.39, 0.29) is 11.1 Å². The Kier molecular flexibility index (Phi) is 7.96. The molecule has 0 aromatic carbocycles. The number of nitrogens with two attached hydrogens (primary N) is 2. The van der Waals surface area contributed by atoms with Gasteiger partial charge < -0.3 is 22.1 Å². The minimum Gasteiger partial charge on any atom is -0.330 e. The van der Waals surface area contributed by atoms with Crippen molar-refractivity contribution >= 4 is 0 Å². The Morgan fingerprint density at radius 1 is 0.882 bits per heavy atom.